The molecule has 0 unspecified atom stereocenters. The summed E-state index contributed by atoms with van der Waals surface area (Å²) in [4.78, 5) is 15.9. The molecular formula is C13H24N2O. The van der Waals surface area contributed by atoms with Crippen molar-refractivity contribution in [1.29, 1.82) is 0 Å². The van der Waals surface area contributed by atoms with E-state index in [0.29, 0.717) is 17.7 Å². The highest BCUT2D eigenvalue weighted by Gasteiger charge is 2.27. The summed E-state index contributed by atoms with van der Waals surface area (Å²) in [5.41, 5.74) is 0.636. The molecule has 0 heterocycles. The quantitative estimate of drug-likeness (QED) is 0.684. The van der Waals surface area contributed by atoms with E-state index in [-0.39, 0.29) is 5.91 Å². The Bertz CT molecular complexity index is 265. The molecule has 0 radical (unpaired) electrons. The molecule has 0 N–H and O–H groups in total. The van der Waals surface area contributed by atoms with E-state index < -0.39 is 0 Å². The molecule has 0 aromatic heterocycles. The van der Waals surface area contributed by atoms with E-state index in [1.807, 2.05) is 11.9 Å². The van der Waals surface area contributed by atoms with E-state index in [0.717, 1.165) is 12.8 Å². The fourth-order valence-corrected chi connectivity index (χ4v) is 2.43. The number of amides is 1. The topological polar surface area (TPSA) is 23.6 Å². The zero-order valence-corrected chi connectivity index (χ0v) is 11.0. The monoisotopic (exact) mass is 224 g/mol. The Balaban J connectivity index is 2.47. The SMILES string of the molecule is C=C(C)C(=O)N(C)C1CCC(N(C)C)CC1. The van der Waals surface area contributed by atoms with Gasteiger partial charge in [-0.1, -0.05) is 6.58 Å². The van der Waals surface area contributed by atoms with E-state index in [1.165, 1.54) is 12.8 Å². The molecule has 1 aliphatic carbocycles. The first-order valence-electron chi connectivity index (χ1n) is 6.02. The third kappa shape index (κ3) is 3.08. The van der Waals surface area contributed by atoms with E-state index >= 15 is 0 Å². The van der Waals surface area contributed by atoms with Crippen LogP contribution in [0.15, 0.2) is 12.2 Å². The van der Waals surface area contributed by atoms with Crippen molar-refractivity contribution in [3.8, 4) is 0 Å². The maximum atomic E-state index is 11.8. The smallest absolute Gasteiger partial charge is 0.248 e. The summed E-state index contributed by atoms with van der Waals surface area (Å²) in [7, 11) is 6.17. The summed E-state index contributed by atoms with van der Waals surface area (Å²) < 4.78 is 0. The van der Waals surface area contributed by atoms with Crippen molar-refractivity contribution >= 4 is 5.91 Å². The summed E-state index contributed by atoms with van der Waals surface area (Å²) >= 11 is 0. The number of rotatable bonds is 3. The van der Waals surface area contributed by atoms with Crippen LogP contribution in [0, 0.1) is 0 Å². The van der Waals surface area contributed by atoms with Gasteiger partial charge in [0.05, 0.1) is 0 Å². The number of carbonyl (C=O) groups is 1. The van der Waals surface area contributed by atoms with Crippen LogP contribution in [0.3, 0.4) is 0 Å². The number of nitrogens with zero attached hydrogens (tertiary/aromatic N) is 2. The lowest BCUT2D eigenvalue weighted by molar-refractivity contribution is -0.128. The Morgan fingerprint density at radius 3 is 1.88 bits per heavy atom. The first-order valence-corrected chi connectivity index (χ1v) is 6.02. The van der Waals surface area contributed by atoms with Gasteiger partial charge in [0.2, 0.25) is 5.91 Å². The van der Waals surface area contributed by atoms with Crippen LogP contribution in [-0.2, 0) is 4.79 Å². The molecule has 16 heavy (non-hydrogen) atoms. The molecule has 0 bridgehead atoms. The predicted molar refractivity (Wildman–Crippen MR) is 67.3 cm³/mol. The molecule has 1 saturated carbocycles. The molecule has 0 aromatic rings. The van der Waals surface area contributed by atoms with Crippen LogP contribution in [0.2, 0.25) is 0 Å². The second-order valence-corrected chi connectivity index (χ2v) is 5.12. The molecule has 1 rings (SSSR count). The van der Waals surface area contributed by atoms with Crippen LogP contribution >= 0.6 is 0 Å². The third-order valence-electron chi connectivity index (χ3n) is 3.63. The second-order valence-electron chi connectivity index (χ2n) is 5.12. The Hall–Kier alpha value is -0.830. The lowest BCUT2D eigenvalue weighted by atomic mass is 9.89. The first kappa shape index (κ1) is 13.2. The minimum Gasteiger partial charge on any atom is -0.339 e. The van der Waals surface area contributed by atoms with Crippen LogP contribution in [0.4, 0.5) is 0 Å². The fourth-order valence-electron chi connectivity index (χ4n) is 2.43. The van der Waals surface area contributed by atoms with Crippen molar-refractivity contribution in [2.75, 3.05) is 21.1 Å². The molecule has 0 atom stereocenters. The number of hydrogen-bond acceptors (Lipinski definition) is 2. The largest absolute Gasteiger partial charge is 0.339 e. The number of likely N-dealkylation sites (N-methyl/N-ethyl adjacent to an activating group) is 1. The van der Waals surface area contributed by atoms with Crippen molar-refractivity contribution in [2.24, 2.45) is 0 Å². The van der Waals surface area contributed by atoms with Gasteiger partial charge in [0, 0.05) is 24.7 Å². The summed E-state index contributed by atoms with van der Waals surface area (Å²) in [6.07, 6.45) is 4.59. The van der Waals surface area contributed by atoms with Crippen LogP contribution < -0.4 is 0 Å². The van der Waals surface area contributed by atoms with Gasteiger partial charge in [-0.15, -0.1) is 0 Å². The average Bonchev–Trinajstić information content (AvgIpc) is 2.27. The second kappa shape index (κ2) is 5.48. The minimum absolute atomic E-state index is 0.0910. The zero-order chi connectivity index (χ0) is 12.3. The minimum atomic E-state index is 0.0910. The van der Waals surface area contributed by atoms with Gasteiger partial charge in [-0.2, -0.15) is 0 Å². The van der Waals surface area contributed by atoms with Crippen molar-refractivity contribution in [3.05, 3.63) is 12.2 Å². The van der Waals surface area contributed by atoms with Crippen LogP contribution in [-0.4, -0.2) is 48.9 Å². The standard InChI is InChI=1S/C13H24N2O/c1-10(2)13(16)15(5)12-8-6-11(7-9-12)14(3)4/h11-12H,1,6-9H2,2-5H3. The maximum Gasteiger partial charge on any atom is 0.248 e. The zero-order valence-electron chi connectivity index (χ0n) is 11.0. The molecular weight excluding hydrogens is 200 g/mol. The van der Waals surface area contributed by atoms with E-state index in [4.69, 9.17) is 0 Å². The molecule has 92 valence electrons. The molecule has 3 heteroatoms. The molecule has 0 saturated heterocycles. The number of carbonyl (C=O) groups excluding carboxylic acids is 1. The third-order valence-corrected chi connectivity index (χ3v) is 3.63. The summed E-state index contributed by atoms with van der Waals surface area (Å²) in [6.45, 7) is 5.50. The van der Waals surface area contributed by atoms with Gasteiger partial charge >= 0.3 is 0 Å². The normalized spacial score (nSPS) is 25.6. The Labute approximate surface area is 99.1 Å². The molecule has 1 amide bonds. The van der Waals surface area contributed by atoms with E-state index in [1.54, 1.807) is 6.92 Å². The molecule has 1 fully saturated rings. The number of hydrogen-bond donors (Lipinski definition) is 0. The Kier molecular flexibility index (Phi) is 4.54. The van der Waals surface area contributed by atoms with Crippen LogP contribution in [0.5, 0.6) is 0 Å². The van der Waals surface area contributed by atoms with Gasteiger partial charge in [0.1, 0.15) is 0 Å². The van der Waals surface area contributed by atoms with E-state index in [2.05, 4.69) is 25.6 Å². The molecule has 0 aliphatic heterocycles. The summed E-state index contributed by atoms with van der Waals surface area (Å²) in [5.74, 6) is 0.0910. The van der Waals surface area contributed by atoms with E-state index in [9.17, 15) is 4.79 Å². The van der Waals surface area contributed by atoms with Crippen molar-refractivity contribution < 1.29 is 4.79 Å². The van der Waals surface area contributed by atoms with Gasteiger partial charge in [-0.25, -0.2) is 0 Å². The summed E-state index contributed by atoms with van der Waals surface area (Å²) in [5, 5.41) is 0. The van der Waals surface area contributed by atoms with Crippen molar-refractivity contribution in [2.45, 2.75) is 44.7 Å². The first-order chi connectivity index (χ1) is 7.43. The van der Waals surface area contributed by atoms with Crippen molar-refractivity contribution in [1.82, 2.24) is 9.80 Å². The molecule has 1 aliphatic rings. The Morgan fingerprint density at radius 2 is 1.50 bits per heavy atom. The highest BCUT2D eigenvalue weighted by molar-refractivity contribution is 5.92. The van der Waals surface area contributed by atoms with Crippen LogP contribution in [0.25, 0.3) is 0 Å². The summed E-state index contributed by atoms with van der Waals surface area (Å²) in [6, 6.07) is 1.09. The fraction of sp³-hybridized carbons (Fsp3) is 0.769. The van der Waals surface area contributed by atoms with Crippen LogP contribution in [0.1, 0.15) is 32.6 Å². The molecule has 3 nitrogen and oxygen atoms in total. The molecule has 0 aromatic carbocycles. The predicted octanol–water partition coefficient (Wildman–Crippen LogP) is 1.89. The van der Waals surface area contributed by atoms with Gasteiger partial charge in [0.25, 0.3) is 0 Å². The highest BCUT2D eigenvalue weighted by atomic mass is 16.2. The maximum absolute atomic E-state index is 11.8. The van der Waals surface area contributed by atoms with Crippen molar-refractivity contribution in [3.63, 3.8) is 0 Å². The van der Waals surface area contributed by atoms with Gasteiger partial charge in [-0.3, -0.25) is 4.79 Å². The highest BCUT2D eigenvalue weighted by Crippen LogP contribution is 2.25. The molecule has 0 spiro atoms. The lowest BCUT2D eigenvalue weighted by Gasteiger charge is -2.37. The average molecular weight is 224 g/mol. The van der Waals surface area contributed by atoms with Gasteiger partial charge < -0.3 is 9.80 Å². The lowest BCUT2D eigenvalue weighted by Crippen LogP contribution is -2.43. The van der Waals surface area contributed by atoms with Gasteiger partial charge in [-0.05, 0) is 46.7 Å². The van der Waals surface area contributed by atoms with Gasteiger partial charge in [0.15, 0.2) is 0 Å². The Morgan fingerprint density at radius 1 is 1.06 bits per heavy atom.